The second-order valence-corrected chi connectivity index (χ2v) is 3.87. The third-order valence-corrected chi connectivity index (χ3v) is 2.44. The maximum Gasteiger partial charge on any atom is 0.269 e. The minimum atomic E-state index is -0.529. The Labute approximate surface area is 112 Å². The Bertz CT molecular complexity index is 693. The third kappa shape index (κ3) is 3.25. The maximum absolute atomic E-state index is 11.7. The minimum absolute atomic E-state index is 0.0658. The number of hydrogen-bond donors (Lipinski definition) is 1. The molecule has 0 atom stereocenters. The summed E-state index contributed by atoms with van der Waals surface area (Å²) in [6, 6.07) is 8.17. The lowest BCUT2D eigenvalue weighted by atomic mass is 10.3. The number of benzene rings is 1. The van der Waals surface area contributed by atoms with Crippen molar-refractivity contribution in [3.63, 3.8) is 0 Å². The lowest BCUT2D eigenvalue weighted by Crippen LogP contribution is -2.28. The number of nitrogens with one attached hydrogen (secondary N) is 1. The molecule has 0 saturated heterocycles. The van der Waals surface area contributed by atoms with Crippen molar-refractivity contribution in [2.75, 3.05) is 5.32 Å². The highest BCUT2D eigenvalue weighted by molar-refractivity contribution is 5.90. The first-order valence-electron chi connectivity index (χ1n) is 5.63. The predicted molar refractivity (Wildman–Crippen MR) is 70.2 cm³/mol. The van der Waals surface area contributed by atoms with Crippen LogP contribution in [0.15, 0.2) is 47.4 Å². The summed E-state index contributed by atoms with van der Waals surface area (Å²) >= 11 is 0. The number of non-ortho nitro benzene ring substituents is 1. The van der Waals surface area contributed by atoms with Crippen LogP contribution in [0.4, 0.5) is 11.4 Å². The monoisotopic (exact) mass is 274 g/mol. The van der Waals surface area contributed by atoms with Crippen LogP contribution in [0.1, 0.15) is 0 Å². The smallest absolute Gasteiger partial charge is 0.269 e. The van der Waals surface area contributed by atoms with E-state index < -0.39 is 10.8 Å². The van der Waals surface area contributed by atoms with Crippen LogP contribution < -0.4 is 10.9 Å². The van der Waals surface area contributed by atoms with Crippen LogP contribution in [-0.4, -0.2) is 20.6 Å². The van der Waals surface area contributed by atoms with Crippen molar-refractivity contribution in [2.45, 2.75) is 6.54 Å². The number of nitro benzene ring substituents is 1. The average Bonchev–Trinajstić information content (AvgIpc) is 2.42. The molecule has 0 bridgehead atoms. The van der Waals surface area contributed by atoms with E-state index in [-0.39, 0.29) is 17.8 Å². The number of nitro groups is 1. The standard InChI is InChI=1S/C12H10N4O4/c17-11(8-15-12(18)2-1-7-13-15)14-9-3-5-10(6-4-9)16(19)20/h1-7H,8H2,(H,14,17). The normalized spacial score (nSPS) is 10.0. The van der Waals surface area contributed by atoms with Crippen LogP contribution in [0.2, 0.25) is 0 Å². The predicted octanol–water partition coefficient (Wildman–Crippen LogP) is 0.790. The number of hydrogen-bond acceptors (Lipinski definition) is 5. The number of rotatable bonds is 4. The Morgan fingerprint density at radius 3 is 2.60 bits per heavy atom. The first-order chi connectivity index (χ1) is 9.56. The summed E-state index contributed by atoms with van der Waals surface area (Å²) in [5, 5.41) is 16.8. The number of anilines is 1. The third-order valence-electron chi connectivity index (χ3n) is 2.44. The van der Waals surface area contributed by atoms with Crippen molar-refractivity contribution < 1.29 is 9.72 Å². The lowest BCUT2D eigenvalue weighted by molar-refractivity contribution is -0.384. The van der Waals surface area contributed by atoms with Crippen LogP contribution in [0.5, 0.6) is 0 Å². The van der Waals surface area contributed by atoms with Crippen LogP contribution in [0.3, 0.4) is 0 Å². The molecule has 1 aromatic carbocycles. The average molecular weight is 274 g/mol. The van der Waals surface area contributed by atoms with Crippen molar-refractivity contribution in [3.8, 4) is 0 Å². The Morgan fingerprint density at radius 2 is 2.00 bits per heavy atom. The molecule has 1 N–H and O–H groups in total. The van der Waals surface area contributed by atoms with Gasteiger partial charge in [-0.2, -0.15) is 5.10 Å². The summed E-state index contributed by atoms with van der Waals surface area (Å²) in [5.74, 6) is -0.445. The second-order valence-electron chi connectivity index (χ2n) is 3.87. The van der Waals surface area contributed by atoms with Gasteiger partial charge in [-0.15, -0.1) is 0 Å². The molecule has 0 spiro atoms. The quantitative estimate of drug-likeness (QED) is 0.655. The molecule has 8 nitrogen and oxygen atoms in total. The fourth-order valence-corrected chi connectivity index (χ4v) is 1.51. The molecule has 0 unspecified atom stereocenters. The fraction of sp³-hybridized carbons (Fsp3) is 0.0833. The zero-order valence-electron chi connectivity index (χ0n) is 10.2. The van der Waals surface area contributed by atoms with Crippen molar-refractivity contribution >= 4 is 17.3 Å². The zero-order valence-corrected chi connectivity index (χ0v) is 10.2. The van der Waals surface area contributed by atoms with Gasteiger partial charge in [0.15, 0.2) is 0 Å². The molecule has 0 fully saturated rings. The molecule has 8 heteroatoms. The van der Waals surface area contributed by atoms with E-state index in [4.69, 9.17) is 0 Å². The highest BCUT2D eigenvalue weighted by atomic mass is 16.6. The number of carbonyl (C=O) groups excluding carboxylic acids is 1. The van der Waals surface area contributed by atoms with E-state index in [2.05, 4.69) is 10.4 Å². The van der Waals surface area contributed by atoms with Gasteiger partial charge < -0.3 is 5.32 Å². The van der Waals surface area contributed by atoms with Gasteiger partial charge in [0.05, 0.1) is 4.92 Å². The number of aromatic nitrogens is 2. The molecule has 0 aliphatic rings. The highest BCUT2D eigenvalue weighted by Crippen LogP contribution is 2.15. The van der Waals surface area contributed by atoms with Crippen LogP contribution in [-0.2, 0) is 11.3 Å². The summed E-state index contributed by atoms with van der Waals surface area (Å²) in [7, 11) is 0. The molecular formula is C12H10N4O4. The summed E-state index contributed by atoms with van der Waals surface area (Å²) in [4.78, 5) is 33.0. The summed E-state index contributed by atoms with van der Waals surface area (Å²) in [6.45, 7) is -0.226. The van der Waals surface area contributed by atoms with Crippen molar-refractivity contribution in [1.82, 2.24) is 9.78 Å². The molecule has 0 aliphatic heterocycles. The molecule has 1 aromatic heterocycles. The van der Waals surface area contributed by atoms with Gasteiger partial charge in [-0.1, -0.05) is 0 Å². The van der Waals surface area contributed by atoms with Gasteiger partial charge in [0.25, 0.3) is 11.2 Å². The summed E-state index contributed by atoms with van der Waals surface area (Å²) in [5.41, 5.74) is -0.0418. The minimum Gasteiger partial charge on any atom is -0.324 e. The Morgan fingerprint density at radius 1 is 1.30 bits per heavy atom. The molecule has 0 aliphatic carbocycles. The van der Waals surface area contributed by atoms with Gasteiger partial charge in [0.1, 0.15) is 6.54 Å². The number of carbonyl (C=O) groups is 1. The van der Waals surface area contributed by atoms with Gasteiger partial charge in [0.2, 0.25) is 5.91 Å². The number of amides is 1. The van der Waals surface area contributed by atoms with Crippen molar-refractivity contribution in [3.05, 3.63) is 63.1 Å². The second kappa shape index (κ2) is 5.74. The van der Waals surface area contributed by atoms with Crippen LogP contribution in [0, 0.1) is 10.1 Å². The SMILES string of the molecule is O=C(Cn1ncccc1=O)Nc1ccc([N+](=O)[O-])cc1. The Balaban J connectivity index is 2.03. The molecule has 0 radical (unpaired) electrons. The first kappa shape index (κ1) is 13.4. The van der Waals surface area contributed by atoms with Crippen LogP contribution >= 0.6 is 0 Å². The van der Waals surface area contributed by atoms with E-state index in [1.807, 2.05) is 0 Å². The molecule has 0 saturated carbocycles. The highest BCUT2D eigenvalue weighted by Gasteiger charge is 2.08. The van der Waals surface area contributed by atoms with Gasteiger partial charge >= 0.3 is 0 Å². The van der Waals surface area contributed by atoms with E-state index in [1.165, 1.54) is 42.6 Å². The van der Waals surface area contributed by atoms with Gasteiger partial charge in [-0.25, -0.2) is 4.68 Å². The topological polar surface area (TPSA) is 107 Å². The van der Waals surface area contributed by atoms with E-state index in [0.717, 1.165) is 4.68 Å². The Hall–Kier alpha value is -3.03. The molecule has 102 valence electrons. The lowest BCUT2D eigenvalue weighted by Gasteiger charge is -2.05. The van der Waals surface area contributed by atoms with E-state index >= 15 is 0 Å². The fourth-order valence-electron chi connectivity index (χ4n) is 1.51. The van der Waals surface area contributed by atoms with E-state index in [9.17, 15) is 19.7 Å². The Kier molecular flexibility index (Phi) is 3.85. The van der Waals surface area contributed by atoms with Gasteiger partial charge in [0, 0.05) is 30.1 Å². The zero-order chi connectivity index (χ0) is 14.5. The largest absolute Gasteiger partial charge is 0.324 e. The molecule has 2 aromatic rings. The van der Waals surface area contributed by atoms with Gasteiger partial charge in [-0.05, 0) is 18.2 Å². The molecule has 1 amide bonds. The van der Waals surface area contributed by atoms with Gasteiger partial charge in [-0.3, -0.25) is 19.7 Å². The van der Waals surface area contributed by atoms with E-state index in [0.29, 0.717) is 5.69 Å². The van der Waals surface area contributed by atoms with Crippen molar-refractivity contribution in [2.24, 2.45) is 0 Å². The molecule has 2 rings (SSSR count). The number of nitrogens with zero attached hydrogens (tertiary/aromatic N) is 3. The van der Waals surface area contributed by atoms with Crippen molar-refractivity contribution in [1.29, 1.82) is 0 Å². The maximum atomic E-state index is 11.7. The van der Waals surface area contributed by atoms with E-state index in [1.54, 1.807) is 0 Å². The first-order valence-corrected chi connectivity index (χ1v) is 5.63. The van der Waals surface area contributed by atoms with Crippen LogP contribution in [0.25, 0.3) is 0 Å². The molecular weight excluding hydrogens is 264 g/mol. The summed E-state index contributed by atoms with van der Waals surface area (Å²) in [6.07, 6.45) is 1.40. The molecule has 20 heavy (non-hydrogen) atoms. The molecule has 1 heterocycles. The summed E-state index contributed by atoms with van der Waals surface area (Å²) < 4.78 is 1.01.